The number of hydrogen-bond donors (Lipinski definition) is 1. The third-order valence-corrected chi connectivity index (χ3v) is 5.90. The van der Waals surface area contributed by atoms with Crippen LogP contribution in [-0.4, -0.2) is 33.9 Å². The highest BCUT2D eigenvalue weighted by Crippen LogP contribution is 2.24. The molecule has 8 heteroatoms. The summed E-state index contributed by atoms with van der Waals surface area (Å²) in [7, 11) is 1.74. The average Bonchev–Trinajstić information content (AvgIpc) is 3.11. The number of esters is 1. The molecule has 1 N–H and O–H groups in total. The summed E-state index contributed by atoms with van der Waals surface area (Å²) in [4.78, 5) is 40.6. The van der Waals surface area contributed by atoms with Crippen LogP contribution in [0.25, 0.3) is 5.69 Å². The van der Waals surface area contributed by atoms with Crippen molar-refractivity contribution >= 4 is 28.9 Å². The fourth-order valence-electron chi connectivity index (χ4n) is 3.90. The number of nitrogens with zero attached hydrogens (tertiary/aromatic N) is 3. The summed E-state index contributed by atoms with van der Waals surface area (Å²) in [5, 5.41) is 2.65. The Bertz CT molecular complexity index is 1360. The highest BCUT2D eigenvalue weighted by molar-refractivity contribution is 5.95. The van der Waals surface area contributed by atoms with Crippen molar-refractivity contribution in [2.45, 2.75) is 20.0 Å². The summed E-state index contributed by atoms with van der Waals surface area (Å²) in [6, 6.07) is 28.1. The van der Waals surface area contributed by atoms with E-state index in [0.717, 1.165) is 11.4 Å². The summed E-state index contributed by atoms with van der Waals surface area (Å²) < 4.78 is 8.59. The van der Waals surface area contributed by atoms with Crippen LogP contribution < -0.4 is 15.8 Å². The van der Waals surface area contributed by atoms with E-state index in [9.17, 15) is 14.4 Å². The molecule has 0 saturated heterocycles. The molecular formula is C28H28N4O4. The Hall–Kier alpha value is -4.59. The lowest BCUT2D eigenvalue weighted by molar-refractivity contribution is -0.151. The minimum atomic E-state index is -1.10. The number of para-hydroxylation sites is 3. The minimum absolute atomic E-state index is 0.0865. The second kappa shape index (κ2) is 10.8. The van der Waals surface area contributed by atoms with Crippen LogP contribution in [0.15, 0.2) is 95.8 Å². The third-order valence-electron chi connectivity index (χ3n) is 5.90. The zero-order chi connectivity index (χ0) is 25.7. The Labute approximate surface area is 209 Å². The van der Waals surface area contributed by atoms with Gasteiger partial charge in [-0.2, -0.15) is 0 Å². The summed E-state index contributed by atoms with van der Waals surface area (Å²) in [6.45, 7) is 3.14. The highest BCUT2D eigenvalue weighted by atomic mass is 16.5. The van der Waals surface area contributed by atoms with E-state index in [-0.39, 0.29) is 17.8 Å². The Morgan fingerprint density at radius 2 is 1.39 bits per heavy atom. The van der Waals surface area contributed by atoms with Gasteiger partial charge >= 0.3 is 5.97 Å². The zero-order valence-corrected chi connectivity index (χ0v) is 20.4. The molecule has 1 unspecified atom stereocenters. The number of nitrogens with one attached hydrogen (secondary N) is 1. The summed E-state index contributed by atoms with van der Waals surface area (Å²) >= 11 is 0. The van der Waals surface area contributed by atoms with Gasteiger partial charge in [-0.15, -0.1) is 0 Å². The van der Waals surface area contributed by atoms with Gasteiger partial charge in [-0.3, -0.25) is 19.1 Å². The van der Waals surface area contributed by atoms with Crippen LogP contribution in [0.4, 0.5) is 17.1 Å². The van der Waals surface area contributed by atoms with E-state index in [4.69, 9.17) is 4.74 Å². The number of anilines is 3. The van der Waals surface area contributed by atoms with Gasteiger partial charge in [0, 0.05) is 18.4 Å². The molecule has 4 rings (SSSR count). The summed E-state index contributed by atoms with van der Waals surface area (Å²) in [5.74, 6) is -1.16. The Kier molecular flexibility index (Phi) is 7.34. The number of ether oxygens (including phenoxy) is 1. The molecule has 1 amide bonds. The van der Waals surface area contributed by atoms with Gasteiger partial charge in [0.1, 0.15) is 12.2 Å². The second-order valence-electron chi connectivity index (χ2n) is 8.32. The molecule has 0 spiro atoms. The largest absolute Gasteiger partial charge is 0.451 e. The van der Waals surface area contributed by atoms with Gasteiger partial charge in [0.15, 0.2) is 6.10 Å². The number of aromatic nitrogens is 2. The van der Waals surface area contributed by atoms with Gasteiger partial charge in [0.25, 0.3) is 11.5 Å². The predicted molar refractivity (Wildman–Crippen MR) is 140 cm³/mol. The van der Waals surface area contributed by atoms with Crippen molar-refractivity contribution in [2.75, 3.05) is 16.8 Å². The van der Waals surface area contributed by atoms with Crippen molar-refractivity contribution in [1.82, 2.24) is 9.36 Å². The van der Waals surface area contributed by atoms with E-state index in [1.54, 1.807) is 18.7 Å². The monoisotopic (exact) mass is 484 g/mol. The molecule has 0 fully saturated rings. The zero-order valence-electron chi connectivity index (χ0n) is 20.4. The summed E-state index contributed by atoms with van der Waals surface area (Å²) in [5.41, 5.74) is 2.67. The van der Waals surface area contributed by atoms with Crippen LogP contribution in [0.5, 0.6) is 0 Å². The van der Waals surface area contributed by atoms with Crippen LogP contribution in [0.3, 0.4) is 0 Å². The van der Waals surface area contributed by atoms with Crippen molar-refractivity contribution in [1.29, 1.82) is 0 Å². The van der Waals surface area contributed by atoms with E-state index in [2.05, 4.69) is 5.32 Å². The standard InChI is InChI=1S/C28H28N4O4/c1-20-26(28(35)32(30(20)3)24-17-11-6-12-18-24)29-27(34)21(2)36-25(33)19-31(22-13-7-4-8-14-22)23-15-9-5-10-16-23/h4-18,21H,19H2,1-3H3,(H,29,34). The van der Waals surface area contributed by atoms with Gasteiger partial charge < -0.3 is 15.0 Å². The van der Waals surface area contributed by atoms with Crippen LogP contribution in [0.1, 0.15) is 12.6 Å². The Morgan fingerprint density at radius 3 is 1.92 bits per heavy atom. The molecule has 0 bridgehead atoms. The SMILES string of the molecule is Cc1c(NC(=O)C(C)OC(=O)CN(c2ccccc2)c2ccccc2)c(=O)n(-c2ccccc2)n1C. The molecule has 0 aliphatic rings. The number of rotatable bonds is 8. The van der Waals surface area contributed by atoms with Crippen molar-refractivity contribution in [3.05, 3.63) is 107 Å². The van der Waals surface area contributed by atoms with E-state index < -0.39 is 18.0 Å². The molecule has 0 saturated carbocycles. The van der Waals surface area contributed by atoms with E-state index in [0.29, 0.717) is 11.4 Å². The number of amides is 1. The first-order valence-corrected chi connectivity index (χ1v) is 11.6. The molecule has 8 nitrogen and oxygen atoms in total. The maximum Gasteiger partial charge on any atom is 0.326 e. The first-order chi connectivity index (χ1) is 17.4. The lowest BCUT2D eigenvalue weighted by Crippen LogP contribution is -2.35. The van der Waals surface area contributed by atoms with Crippen LogP contribution in [0, 0.1) is 6.92 Å². The van der Waals surface area contributed by atoms with Crippen molar-refractivity contribution in [3.63, 3.8) is 0 Å². The maximum atomic E-state index is 13.1. The van der Waals surface area contributed by atoms with Crippen molar-refractivity contribution in [2.24, 2.45) is 7.05 Å². The second-order valence-corrected chi connectivity index (χ2v) is 8.32. The van der Waals surface area contributed by atoms with Gasteiger partial charge in [0.05, 0.1) is 11.4 Å². The molecule has 184 valence electrons. The molecule has 1 atom stereocenters. The average molecular weight is 485 g/mol. The molecule has 0 aliphatic heterocycles. The lowest BCUT2D eigenvalue weighted by Gasteiger charge is -2.24. The van der Waals surface area contributed by atoms with E-state index >= 15 is 0 Å². The van der Waals surface area contributed by atoms with Crippen LogP contribution >= 0.6 is 0 Å². The van der Waals surface area contributed by atoms with Crippen LogP contribution in [-0.2, 0) is 21.4 Å². The molecule has 36 heavy (non-hydrogen) atoms. The Balaban J connectivity index is 1.47. The smallest absolute Gasteiger partial charge is 0.326 e. The van der Waals surface area contributed by atoms with Gasteiger partial charge in [0.2, 0.25) is 0 Å². The van der Waals surface area contributed by atoms with Gasteiger partial charge in [-0.05, 0) is 50.2 Å². The quantitative estimate of drug-likeness (QED) is 0.379. The van der Waals surface area contributed by atoms with Crippen LogP contribution in [0.2, 0.25) is 0 Å². The highest BCUT2D eigenvalue weighted by Gasteiger charge is 2.24. The van der Waals surface area contributed by atoms with Gasteiger partial charge in [-0.1, -0.05) is 54.6 Å². The molecule has 0 aliphatic carbocycles. The number of carbonyl (C=O) groups is 2. The fourth-order valence-corrected chi connectivity index (χ4v) is 3.90. The maximum absolute atomic E-state index is 13.1. The molecule has 3 aromatic carbocycles. The number of hydrogen-bond acceptors (Lipinski definition) is 5. The number of benzene rings is 3. The first kappa shape index (κ1) is 24.5. The molecular weight excluding hydrogens is 456 g/mol. The molecule has 1 heterocycles. The molecule has 1 aromatic heterocycles. The minimum Gasteiger partial charge on any atom is -0.451 e. The Morgan fingerprint density at radius 1 is 0.889 bits per heavy atom. The fraction of sp³-hybridized carbons (Fsp3) is 0.179. The van der Waals surface area contributed by atoms with Crippen molar-refractivity contribution < 1.29 is 14.3 Å². The van der Waals surface area contributed by atoms with E-state index in [1.165, 1.54) is 11.6 Å². The summed E-state index contributed by atoms with van der Waals surface area (Å²) in [6.07, 6.45) is -1.10. The third kappa shape index (κ3) is 5.22. The first-order valence-electron chi connectivity index (χ1n) is 11.6. The van der Waals surface area contributed by atoms with Gasteiger partial charge in [-0.25, -0.2) is 4.68 Å². The lowest BCUT2D eigenvalue weighted by atomic mass is 10.2. The molecule has 4 aromatic rings. The molecule has 0 radical (unpaired) electrons. The topological polar surface area (TPSA) is 85.6 Å². The normalized spacial score (nSPS) is 11.5. The van der Waals surface area contributed by atoms with Crippen molar-refractivity contribution in [3.8, 4) is 5.69 Å². The van der Waals surface area contributed by atoms with E-state index in [1.807, 2.05) is 95.9 Å². The number of carbonyl (C=O) groups excluding carboxylic acids is 2. The predicted octanol–water partition coefficient (Wildman–Crippen LogP) is 4.19.